The van der Waals surface area contributed by atoms with E-state index in [0.29, 0.717) is 10.5 Å². The second kappa shape index (κ2) is 5.80. The molecule has 0 fully saturated rings. The van der Waals surface area contributed by atoms with Crippen LogP contribution in [-0.2, 0) is 6.54 Å². The number of hydrogen-bond donors (Lipinski definition) is 1. The van der Waals surface area contributed by atoms with E-state index in [1.54, 1.807) is 30.3 Å². The Morgan fingerprint density at radius 2 is 1.94 bits per heavy atom. The van der Waals surface area contributed by atoms with Crippen molar-refractivity contribution < 1.29 is 9.18 Å². The molecule has 0 aliphatic carbocycles. The van der Waals surface area contributed by atoms with Gasteiger partial charge in [-0.15, -0.1) is 0 Å². The zero-order valence-electron chi connectivity index (χ0n) is 9.60. The summed E-state index contributed by atoms with van der Waals surface area (Å²) in [5, 5.41) is 0. The van der Waals surface area contributed by atoms with Crippen LogP contribution in [0.25, 0.3) is 0 Å². The molecule has 0 amide bonds. The van der Waals surface area contributed by atoms with Crippen molar-refractivity contribution in [3.05, 3.63) is 59.4 Å². The summed E-state index contributed by atoms with van der Waals surface area (Å²) in [4.78, 5) is 12.1. The number of benzene rings is 2. The summed E-state index contributed by atoms with van der Waals surface area (Å²) in [5.41, 5.74) is 6.88. The van der Waals surface area contributed by atoms with Crippen molar-refractivity contribution in [3.63, 3.8) is 0 Å². The fourth-order valence-corrected chi connectivity index (χ4v) is 2.66. The van der Waals surface area contributed by atoms with Gasteiger partial charge in [-0.25, -0.2) is 4.39 Å². The second-order valence-corrected chi connectivity index (χ2v) is 4.74. The molecule has 0 heterocycles. The van der Waals surface area contributed by atoms with Gasteiger partial charge in [0.1, 0.15) is 5.82 Å². The highest BCUT2D eigenvalue weighted by atomic mass is 32.2. The third kappa shape index (κ3) is 2.60. The third-order valence-corrected chi connectivity index (χ3v) is 3.78. The van der Waals surface area contributed by atoms with Gasteiger partial charge in [0.05, 0.1) is 4.90 Å². The molecule has 92 valence electrons. The van der Waals surface area contributed by atoms with Crippen LogP contribution in [-0.4, -0.2) is 6.29 Å². The maximum atomic E-state index is 13.8. The van der Waals surface area contributed by atoms with Crippen molar-refractivity contribution in [3.8, 4) is 0 Å². The minimum Gasteiger partial charge on any atom is -0.326 e. The second-order valence-electron chi connectivity index (χ2n) is 3.69. The fourth-order valence-electron chi connectivity index (χ4n) is 1.61. The number of carbonyl (C=O) groups is 1. The molecule has 2 rings (SSSR count). The van der Waals surface area contributed by atoms with Gasteiger partial charge in [0.25, 0.3) is 0 Å². The van der Waals surface area contributed by atoms with E-state index in [2.05, 4.69) is 0 Å². The van der Waals surface area contributed by atoms with Crippen LogP contribution in [0.3, 0.4) is 0 Å². The Morgan fingerprint density at radius 1 is 1.17 bits per heavy atom. The molecule has 18 heavy (non-hydrogen) atoms. The van der Waals surface area contributed by atoms with E-state index in [1.807, 2.05) is 6.07 Å². The lowest BCUT2D eigenvalue weighted by atomic mass is 10.2. The zero-order chi connectivity index (χ0) is 13.0. The van der Waals surface area contributed by atoms with E-state index in [-0.39, 0.29) is 12.4 Å². The Balaban J connectivity index is 2.42. The van der Waals surface area contributed by atoms with Crippen LogP contribution in [0, 0.1) is 5.82 Å². The van der Waals surface area contributed by atoms with E-state index in [4.69, 9.17) is 5.73 Å². The quantitative estimate of drug-likeness (QED) is 0.859. The number of rotatable bonds is 4. The normalized spacial score (nSPS) is 10.3. The van der Waals surface area contributed by atoms with Crippen LogP contribution in [0.1, 0.15) is 15.9 Å². The first-order valence-electron chi connectivity index (χ1n) is 5.45. The zero-order valence-corrected chi connectivity index (χ0v) is 10.4. The summed E-state index contributed by atoms with van der Waals surface area (Å²) in [7, 11) is 0. The van der Waals surface area contributed by atoms with Crippen LogP contribution < -0.4 is 5.73 Å². The van der Waals surface area contributed by atoms with Crippen molar-refractivity contribution in [2.75, 3.05) is 0 Å². The van der Waals surface area contributed by atoms with Gasteiger partial charge in [-0.3, -0.25) is 4.79 Å². The molecule has 0 atom stereocenters. The van der Waals surface area contributed by atoms with Crippen molar-refractivity contribution >= 4 is 18.0 Å². The highest BCUT2D eigenvalue weighted by Crippen LogP contribution is 2.34. The van der Waals surface area contributed by atoms with Gasteiger partial charge in [-0.05, 0) is 17.7 Å². The molecule has 0 unspecified atom stereocenters. The predicted molar refractivity (Wildman–Crippen MR) is 70.2 cm³/mol. The summed E-state index contributed by atoms with van der Waals surface area (Å²) >= 11 is 1.23. The van der Waals surface area contributed by atoms with Gasteiger partial charge < -0.3 is 5.73 Å². The highest BCUT2D eigenvalue weighted by Gasteiger charge is 2.11. The molecule has 2 N–H and O–H groups in total. The number of carbonyl (C=O) groups excluding carboxylic acids is 1. The minimum absolute atomic E-state index is 0.267. The van der Waals surface area contributed by atoms with Gasteiger partial charge in [0.15, 0.2) is 6.29 Å². The molecule has 0 bridgehead atoms. The largest absolute Gasteiger partial charge is 0.326 e. The van der Waals surface area contributed by atoms with Crippen LogP contribution in [0.15, 0.2) is 52.3 Å². The van der Waals surface area contributed by atoms with Crippen LogP contribution in [0.4, 0.5) is 4.39 Å². The molecule has 0 aliphatic rings. The molecule has 0 aromatic heterocycles. The monoisotopic (exact) mass is 261 g/mol. The third-order valence-electron chi connectivity index (χ3n) is 2.53. The van der Waals surface area contributed by atoms with E-state index < -0.39 is 0 Å². The highest BCUT2D eigenvalue weighted by molar-refractivity contribution is 7.99. The van der Waals surface area contributed by atoms with Crippen molar-refractivity contribution in [1.29, 1.82) is 0 Å². The van der Waals surface area contributed by atoms with Crippen molar-refractivity contribution in [1.82, 2.24) is 0 Å². The average molecular weight is 261 g/mol. The number of nitrogens with two attached hydrogens (primary N) is 1. The van der Waals surface area contributed by atoms with Gasteiger partial charge in [-0.1, -0.05) is 42.1 Å². The van der Waals surface area contributed by atoms with Gasteiger partial charge in [0, 0.05) is 17.0 Å². The SMILES string of the molecule is NCc1cccc(F)c1Sc1ccccc1C=O. The molecule has 2 nitrogen and oxygen atoms in total. The van der Waals surface area contributed by atoms with E-state index in [9.17, 15) is 9.18 Å². The molecule has 2 aromatic carbocycles. The number of aldehydes is 1. The van der Waals surface area contributed by atoms with Crippen molar-refractivity contribution in [2.45, 2.75) is 16.3 Å². The van der Waals surface area contributed by atoms with Crippen molar-refractivity contribution in [2.24, 2.45) is 5.73 Å². The molecule has 0 saturated carbocycles. The summed E-state index contributed by atoms with van der Waals surface area (Å²) in [6, 6.07) is 11.9. The first-order chi connectivity index (χ1) is 8.76. The topological polar surface area (TPSA) is 43.1 Å². The summed E-state index contributed by atoms with van der Waals surface area (Å²) < 4.78 is 13.8. The van der Waals surface area contributed by atoms with Crippen LogP contribution in [0.2, 0.25) is 0 Å². The average Bonchev–Trinajstić information content (AvgIpc) is 2.41. The minimum atomic E-state index is -0.316. The maximum absolute atomic E-state index is 13.8. The molecule has 4 heteroatoms. The van der Waals surface area contributed by atoms with Gasteiger partial charge in [0.2, 0.25) is 0 Å². The lowest BCUT2D eigenvalue weighted by molar-refractivity contribution is 0.112. The smallest absolute Gasteiger partial charge is 0.151 e. The van der Waals surface area contributed by atoms with E-state index in [1.165, 1.54) is 17.8 Å². The lowest BCUT2D eigenvalue weighted by Crippen LogP contribution is -2.00. The molecule has 0 aliphatic heterocycles. The molecular weight excluding hydrogens is 249 g/mol. The van der Waals surface area contributed by atoms with Gasteiger partial charge in [-0.2, -0.15) is 0 Å². The first kappa shape index (κ1) is 12.8. The molecular formula is C14H12FNOS. The van der Waals surface area contributed by atoms with E-state index in [0.717, 1.165) is 16.7 Å². The van der Waals surface area contributed by atoms with Crippen LogP contribution >= 0.6 is 11.8 Å². The lowest BCUT2D eigenvalue weighted by Gasteiger charge is -2.09. The van der Waals surface area contributed by atoms with Crippen LogP contribution in [0.5, 0.6) is 0 Å². The summed E-state index contributed by atoms with van der Waals surface area (Å²) in [6.45, 7) is 0.267. The number of hydrogen-bond acceptors (Lipinski definition) is 3. The Morgan fingerprint density at radius 3 is 2.67 bits per heavy atom. The molecule has 0 spiro atoms. The fraction of sp³-hybridized carbons (Fsp3) is 0.0714. The molecule has 2 aromatic rings. The van der Waals surface area contributed by atoms with E-state index >= 15 is 0 Å². The maximum Gasteiger partial charge on any atom is 0.151 e. The molecule has 0 radical (unpaired) electrons. The number of halogens is 1. The first-order valence-corrected chi connectivity index (χ1v) is 6.27. The molecule has 0 saturated heterocycles. The summed E-state index contributed by atoms with van der Waals surface area (Å²) in [6.07, 6.45) is 0.769. The summed E-state index contributed by atoms with van der Waals surface area (Å²) in [5.74, 6) is -0.316. The Bertz CT molecular complexity index is 571. The Kier molecular flexibility index (Phi) is 4.12. The Hall–Kier alpha value is -1.65. The van der Waals surface area contributed by atoms with Gasteiger partial charge >= 0.3 is 0 Å². The predicted octanol–water partition coefficient (Wildman–Crippen LogP) is 3.25. The Labute approximate surface area is 109 Å². The standard InChI is InChI=1S/C14H12FNOS/c15-12-6-3-5-10(8-16)14(12)18-13-7-2-1-4-11(13)9-17/h1-7,9H,8,16H2.